The first-order valence-corrected chi connectivity index (χ1v) is 42.2. The van der Waals surface area contributed by atoms with Gasteiger partial charge in [0.2, 0.25) is 0 Å². The smallest absolute Gasteiger partial charge is 0.462 e. The average Bonchev–Trinajstić information content (AvgIpc) is 3.70. The summed E-state index contributed by atoms with van der Waals surface area (Å²) < 4.78 is 68.5. The largest absolute Gasteiger partial charge is 0.472 e. The minimum Gasteiger partial charge on any atom is -0.462 e. The van der Waals surface area contributed by atoms with Crippen molar-refractivity contribution in [1.29, 1.82) is 0 Å². The van der Waals surface area contributed by atoms with Gasteiger partial charge in [-0.3, -0.25) is 37.3 Å². The number of phosphoric acid groups is 2. The summed E-state index contributed by atoms with van der Waals surface area (Å²) >= 11 is 0. The van der Waals surface area contributed by atoms with Gasteiger partial charge >= 0.3 is 39.5 Å². The molecule has 95 heavy (non-hydrogen) atoms. The van der Waals surface area contributed by atoms with Gasteiger partial charge in [0, 0.05) is 25.7 Å². The number of rotatable bonds is 73. The summed E-state index contributed by atoms with van der Waals surface area (Å²) in [6.45, 7) is 14.1. The van der Waals surface area contributed by atoms with Crippen LogP contribution in [-0.2, 0) is 65.4 Å². The molecule has 4 unspecified atom stereocenters. The van der Waals surface area contributed by atoms with E-state index >= 15 is 0 Å². The van der Waals surface area contributed by atoms with Crippen molar-refractivity contribution >= 4 is 39.5 Å². The highest BCUT2D eigenvalue weighted by molar-refractivity contribution is 7.47. The second-order valence-electron chi connectivity index (χ2n) is 29.1. The van der Waals surface area contributed by atoms with Gasteiger partial charge in [-0.05, 0) is 49.4 Å². The zero-order valence-electron chi connectivity index (χ0n) is 62.3. The fraction of sp³-hybridized carbons (Fsp3) is 0.947. The molecule has 17 nitrogen and oxygen atoms in total. The van der Waals surface area contributed by atoms with Gasteiger partial charge in [0.1, 0.15) is 19.3 Å². The van der Waals surface area contributed by atoms with Crippen LogP contribution in [0.2, 0.25) is 0 Å². The molecule has 0 bridgehead atoms. The van der Waals surface area contributed by atoms with Crippen LogP contribution in [0.5, 0.6) is 0 Å². The van der Waals surface area contributed by atoms with Gasteiger partial charge in [-0.2, -0.15) is 0 Å². The topological polar surface area (TPSA) is 237 Å². The molecule has 0 aliphatic carbocycles. The fourth-order valence-corrected chi connectivity index (χ4v) is 13.1. The number of hydrogen-bond donors (Lipinski definition) is 3. The van der Waals surface area contributed by atoms with E-state index in [9.17, 15) is 43.2 Å². The summed E-state index contributed by atoms with van der Waals surface area (Å²) in [5, 5.41) is 10.6. The van der Waals surface area contributed by atoms with Gasteiger partial charge in [0.15, 0.2) is 12.2 Å². The van der Waals surface area contributed by atoms with E-state index in [1.165, 1.54) is 180 Å². The molecule has 0 rings (SSSR count). The molecule has 19 heteroatoms. The molecule has 0 spiro atoms. The number of carbonyl (C=O) groups excluding carboxylic acids is 4. The fourth-order valence-electron chi connectivity index (χ4n) is 11.5. The Balaban J connectivity index is 5.19. The van der Waals surface area contributed by atoms with Crippen LogP contribution < -0.4 is 0 Å². The first-order chi connectivity index (χ1) is 45.6. The molecule has 0 aromatic carbocycles. The number of aliphatic hydroxyl groups is 1. The van der Waals surface area contributed by atoms with Crippen molar-refractivity contribution in [1.82, 2.24) is 0 Å². The molecule has 0 saturated carbocycles. The van der Waals surface area contributed by atoms with Crippen LogP contribution in [0.1, 0.15) is 383 Å². The van der Waals surface area contributed by atoms with Gasteiger partial charge in [0.25, 0.3) is 0 Å². The molecule has 0 heterocycles. The van der Waals surface area contributed by atoms with Gasteiger partial charge in [0.05, 0.1) is 26.4 Å². The highest BCUT2D eigenvalue weighted by Gasteiger charge is 2.30. The average molecular weight is 1400 g/mol. The van der Waals surface area contributed by atoms with Crippen molar-refractivity contribution in [3.8, 4) is 0 Å². The maximum atomic E-state index is 13.1. The van der Waals surface area contributed by atoms with Crippen LogP contribution in [0, 0.1) is 23.7 Å². The number of phosphoric ester groups is 2. The molecule has 0 amide bonds. The molecule has 0 aromatic heterocycles. The summed E-state index contributed by atoms with van der Waals surface area (Å²) in [4.78, 5) is 72.7. The Hall–Kier alpha value is -1.94. The third-order valence-electron chi connectivity index (χ3n) is 17.9. The molecule has 0 aromatic rings. The second-order valence-corrected chi connectivity index (χ2v) is 32.0. The van der Waals surface area contributed by atoms with Crippen LogP contribution in [0.25, 0.3) is 0 Å². The van der Waals surface area contributed by atoms with Gasteiger partial charge < -0.3 is 33.8 Å². The first-order valence-electron chi connectivity index (χ1n) is 39.2. The van der Waals surface area contributed by atoms with Gasteiger partial charge in [-0.25, -0.2) is 9.13 Å². The quantitative estimate of drug-likeness (QED) is 0.0222. The molecule has 0 radical (unpaired) electrons. The molecule has 3 N–H and O–H groups in total. The Bertz CT molecular complexity index is 1870. The molecule has 0 saturated heterocycles. The monoisotopic (exact) mass is 1400 g/mol. The maximum absolute atomic E-state index is 13.1. The lowest BCUT2D eigenvalue weighted by Gasteiger charge is -2.21. The number of ether oxygens (including phenoxy) is 4. The third kappa shape index (κ3) is 69.0. The van der Waals surface area contributed by atoms with Gasteiger partial charge in [-0.1, -0.05) is 331 Å². The van der Waals surface area contributed by atoms with Crippen molar-refractivity contribution < 1.29 is 80.2 Å². The van der Waals surface area contributed by atoms with Crippen LogP contribution >= 0.6 is 15.6 Å². The summed E-state index contributed by atoms with van der Waals surface area (Å²) in [5.74, 6) is 0.906. The van der Waals surface area contributed by atoms with E-state index in [1.54, 1.807) is 0 Å². The molecule has 0 fully saturated rings. The number of unbranched alkanes of at least 4 members (excludes halogenated alkanes) is 38. The van der Waals surface area contributed by atoms with Crippen molar-refractivity contribution in [3.63, 3.8) is 0 Å². The molecule has 0 aliphatic rings. The van der Waals surface area contributed by atoms with Crippen molar-refractivity contribution in [2.75, 3.05) is 39.6 Å². The lowest BCUT2D eigenvalue weighted by atomic mass is 10.00. The van der Waals surface area contributed by atoms with E-state index in [2.05, 4.69) is 55.4 Å². The number of esters is 4. The van der Waals surface area contributed by atoms with E-state index in [1.807, 2.05) is 0 Å². The molecule has 6 atom stereocenters. The zero-order valence-corrected chi connectivity index (χ0v) is 64.1. The van der Waals surface area contributed by atoms with Crippen LogP contribution in [0.4, 0.5) is 0 Å². The number of aliphatic hydroxyl groups excluding tert-OH is 1. The second kappa shape index (κ2) is 65.4. The minimum atomic E-state index is -4.96. The lowest BCUT2D eigenvalue weighted by molar-refractivity contribution is -0.161. The Labute approximate surface area is 581 Å². The van der Waals surface area contributed by atoms with E-state index in [0.717, 1.165) is 120 Å². The predicted molar refractivity (Wildman–Crippen MR) is 386 cm³/mol. The zero-order chi connectivity index (χ0) is 70.3. The lowest BCUT2D eigenvalue weighted by Crippen LogP contribution is -2.30. The Morgan fingerprint density at radius 2 is 0.505 bits per heavy atom. The van der Waals surface area contributed by atoms with E-state index in [0.29, 0.717) is 25.7 Å². The SMILES string of the molecule is CCC(C)CCCCCCCCC(=O)OC[C@H](COP(=O)(O)OCC(O)COP(=O)(O)OC[C@@H](COC(=O)CCCCCCCCCCC(C)C)OC(=O)CCCCCCCCCCCCC(C)C)OC(=O)CCCCCCCCCCCCCCCCCCCCC(C)C. The normalized spacial score (nSPS) is 14.4. The van der Waals surface area contributed by atoms with Crippen LogP contribution in [-0.4, -0.2) is 96.7 Å². The highest BCUT2D eigenvalue weighted by Crippen LogP contribution is 2.45. The summed E-state index contributed by atoms with van der Waals surface area (Å²) in [6.07, 6.45) is 50.1. The maximum Gasteiger partial charge on any atom is 0.472 e. The Morgan fingerprint density at radius 3 is 0.747 bits per heavy atom. The standard InChI is InChI=1S/C76H148O17P2/c1-9-69(8)55-47-39-34-35-41-49-57-74(79)87-63-72(93-75(80)58-50-42-32-24-19-17-15-13-11-10-12-14-16-18-22-28-36-44-52-66(2)3)65-91-95(84,85)89-61-70(77)60-88-94(82,83)90-64-71(62-86-73(78)56-48-40-31-27-26-30-38-46-54-68(6)7)92-76(81)59-51-43-33-25-21-20-23-29-37-45-53-67(4)5/h66-72,77H,9-65H2,1-8H3,(H,82,83)(H,84,85)/t69?,70?,71-,72-/m1/s1. The number of carbonyl (C=O) groups is 4. The van der Waals surface area contributed by atoms with E-state index in [4.69, 9.17) is 37.0 Å². The summed E-state index contributed by atoms with van der Waals surface area (Å²) in [7, 11) is -9.91. The van der Waals surface area contributed by atoms with Crippen LogP contribution in [0.15, 0.2) is 0 Å². The molecule has 564 valence electrons. The Kier molecular flexibility index (Phi) is 64.0. The summed E-state index contributed by atoms with van der Waals surface area (Å²) in [6, 6.07) is 0. The van der Waals surface area contributed by atoms with Crippen molar-refractivity contribution in [2.45, 2.75) is 401 Å². The van der Waals surface area contributed by atoms with Gasteiger partial charge in [-0.15, -0.1) is 0 Å². The first kappa shape index (κ1) is 93.1. The number of hydrogen-bond acceptors (Lipinski definition) is 15. The van der Waals surface area contributed by atoms with E-state index in [-0.39, 0.29) is 25.7 Å². The van der Waals surface area contributed by atoms with Crippen molar-refractivity contribution in [3.05, 3.63) is 0 Å². The molecular formula is C76H148O17P2. The molecule has 0 aliphatic heterocycles. The summed E-state index contributed by atoms with van der Waals surface area (Å²) in [5.41, 5.74) is 0. The van der Waals surface area contributed by atoms with Crippen LogP contribution in [0.3, 0.4) is 0 Å². The highest BCUT2D eigenvalue weighted by atomic mass is 31.2. The predicted octanol–water partition coefficient (Wildman–Crippen LogP) is 22.0. The Morgan fingerprint density at radius 1 is 0.295 bits per heavy atom. The third-order valence-corrected chi connectivity index (χ3v) is 19.8. The minimum absolute atomic E-state index is 0.105. The molecular weight excluding hydrogens is 1250 g/mol. The van der Waals surface area contributed by atoms with Crippen molar-refractivity contribution in [2.24, 2.45) is 23.7 Å². The van der Waals surface area contributed by atoms with E-state index < -0.39 is 97.5 Å².